The van der Waals surface area contributed by atoms with Crippen molar-refractivity contribution in [3.63, 3.8) is 0 Å². The van der Waals surface area contributed by atoms with E-state index in [0.29, 0.717) is 13.1 Å². The molecule has 0 aromatic heterocycles. The molecule has 2 nitrogen and oxygen atoms in total. The van der Waals surface area contributed by atoms with Crippen molar-refractivity contribution in [2.75, 3.05) is 0 Å². The van der Waals surface area contributed by atoms with Crippen LogP contribution < -0.4 is 5.73 Å². The summed E-state index contributed by atoms with van der Waals surface area (Å²) in [7, 11) is 0. The number of nitrogens with two attached hydrogens (primary N) is 1. The zero-order valence-electron chi connectivity index (χ0n) is 14.6. The Labute approximate surface area is 147 Å². The summed E-state index contributed by atoms with van der Waals surface area (Å²) in [6, 6.07) is 16.4. The number of alkyl halides is 3. The third kappa shape index (κ3) is 5.58. The van der Waals surface area contributed by atoms with Crippen molar-refractivity contribution in [2.45, 2.75) is 45.2 Å². The second-order valence-electron chi connectivity index (χ2n) is 6.68. The molecule has 0 bridgehead atoms. The van der Waals surface area contributed by atoms with Crippen molar-refractivity contribution in [3.8, 4) is 0 Å². The number of halogens is 3. The van der Waals surface area contributed by atoms with Gasteiger partial charge in [-0.05, 0) is 17.0 Å². The molecule has 0 aliphatic heterocycles. The topological polar surface area (TPSA) is 29.3 Å². The van der Waals surface area contributed by atoms with Gasteiger partial charge in [-0.3, -0.25) is 4.90 Å². The molecule has 5 heteroatoms. The quantitative estimate of drug-likeness (QED) is 0.790. The van der Waals surface area contributed by atoms with Gasteiger partial charge in [0.1, 0.15) is 6.04 Å². The second-order valence-corrected chi connectivity index (χ2v) is 6.68. The first-order valence-corrected chi connectivity index (χ1v) is 8.43. The number of hydrogen-bond acceptors (Lipinski definition) is 2. The molecule has 2 aromatic rings. The van der Waals surface area contributed by atoms with E-state index in [0.717, 1.165) is 11.1 Å². The maximum atomic E-state index is 13.3. The Morgan fingerprint density at radius 2 is 1.24 bits per heavy atom. The molecule has 136 valence electrons. The van der Waals surface area contributed by atoms with E-state index in [2.05, 4.69) is 0 Å². The van der Waals surface area contributed by atoms with Crippen LogP contribution in [0.4, 0.5) is 13.2 Å². The molecule has 0 radical (unpaired) electrons. The van der Waals surface area contributed by atoms with Gasteiger partial charge < -0.3 is 5.73 Å². The summed E-state index contributed by atoms with van der Waals surface area (Å²) in [6.45, 7) is 4.42. The summed E-state index contributed by atoms with van der Waals surface area (Å²) in [6.07, 6.45) is -4.43. The molecule has 25 heavy (non-hydrogen) atoms. The summed E-state index contributed by atoms with van der Waals surface area (Å²) >= 11 is 0. The van der Waals surface area contributed by atoms with E-state index in [4.69, 9.17) is 5.73 Å². The van der Waals surface area contributed by atoms with Gasteiger partial charge >= 0.3 is 6.18 Å². The average Bonchev–Trinajstić information content (AvgIpc) is 2.55. The highest BCUT2D eigenvalue weighted by Crippen LogP contribution is 2.29. The van der Waals surface area contributed by atoms with Crippen LogP contribution in [0, 0.1) is 5.92 Å². The molecule has 2 rings (SSSR count). The monoisotopic (exact) mass is 350 g/mol. The molecule has 0 aliphatic rings. The van der Waals surface area contributed by atoms with E-state index in [-0.39, 0.29) is 5.92 Å². The molecule has 2 N–H and O–H groups in total. The van der Waals surface area contributed by atoms with Crippen LogP contribution in [0.3, 0.4) is 0 Å². The standard InChI is InChI=1S/C20H25F3N2/c1-15(2)18(19(24)20(21,22)23)25(13-16-9-5-3-6-10-16)14-17-11-7-4-8-12-17/h3-12,15,18-19H,13-14,24H2,1-2H3. The van der Waals surface area contributed by atoms with Gasteiger partial charge in [0.15, 0.2) is 0 Å². The summed E-state index contributed by atoms with van der Waals surface area (Å²) in [5.41, 5.74) is 7.58. The minimum atomic E-state index is -4.43. The molecule has 0 amide bonds. The van der Waals surface area contributed by atoms with Gasteiger partial charge in [-0.25, -0.2) is 0 Å². The van der Waals surface area contributed by atoms with Crippen LogP contribution in [0.25, 0.3) is 0 Å². The molecule has 2 aromatic carbocycles. The SMILES string of the molecule is CC(C)C(C(N)C(F)(F)F)N(Cc1ccccc1)Cc1ccccc1. The summed E-state index contributed by atoms with van der Waals surface area (Å²) in [5.74, 6) is -0.232. The lowest BCUT2D eigenvalue weighted by Crippen LogP contribution is -2.56. The Morgan fingerprint density at radius 1 is 0.840 bits per heavy atom. The fourth-order valence-electron chi connectivity index (χ4n) is 3.16. The van der Waals surface area contributed by atoms with Crippen molar-refractivity contribution in [2.24, 2.45) is 11.7 Å². The minimum Gasteiger partial charge on any atom is -0.319 e. The van der Waals surface area contributed by atoms with Crippen LogP contribution in [0.1, 0.15) is 25.0 Å². The Hall–Kier alpha value is -1.85. The van der Waals surface area contributed by atoms with Gasteiger partial charge in [-0.2, -0.15) is 13.2 Å². The normalized spacial score (nSPS) is 14.7. The second kappa shape index (κ2) is 8.50. The highest BCUT2D eigenvalue weighted by atomic mass is 19.4. The molecule has 0 fully saturated rings. The molecule has 0 saturated heterocycles. The van der Waals surface area contributed by atoms with Crippen LogP contribution in [0.2, 0.25) is 0 Å². The average molecular weight is 350 g/mol. The predicted molar refractivity (Wildman–Crippen MR) is 94.8 cm³/mol. The van der Waals surface area contributed by atoms with Crippen LogP contribution in [0.15, 0.2) is 60.7 Å². The third-order valence-electron chi connectivity index (χ3n) is 4.31. The Bertz CT molecular complexity index is 585. The van der Waals surface area contributed by atoms with E-state index >= 15 is 0 Å². The van der Waals surface area contributed by atoms with Crippen LogP contribution in [-0.4, -0.2) is 23.2 Å². The van der Waals surface area contributed by atoms with Crippen molar-refractivity contribution in [3.05, 3.63) is 71.8 Å². The summed E-state index contributed by atoms with van der Waals surface area (Å²) in [5, 5.41) is 0. The van der Waals surface area contributed by atoms with Crippen molar-refractivity contribution in [1.29, 1.82) is 0 Å². The van der Waals surface area contributed by atoms with Crippen LogP contribution in [-0.2, 0) is 13.1 Å². The van der Waals surface area contributed by atoms with E-state index in [1.54, 1.807) is 13.8 Å². The highest BCUT2D eigenvalue weighted by Gasteiger charge is 2.45. The van der Waals surface area contributed by atoms with Gasteiger partial charge in [0.05, 0.1) is 0 Å². The number of rotatable bonds is 7. The fourth-order valence-corrected chi connectivity index (χ4v) is 3.16. The van der Waals surface area contributed by atoms with E-state index < -0.39 is 18.3 Å². The number of hydrogen-bond donors (Lipinski definition) is 1. The van der Waals surface area contributed by atoms with Crippen molar-refractivity contribution < 1.29 is 13.2 Å². The molecule has 0 aliphatic carbocycles. The first-order valence-electron chi connectivity index (χ1n) is 8.43. The lowest BCUT2D eigenvalue weighted by molar-refractivity contribution is -0.167. The van der Waals surface area contributed by atoms with E-state index in [9.17, 15) is 13.2 Å². The van der Waals surface area contributed by atoms with Crippen molar-refractivity contribution in [1.82, 2.24) is 4.90 Å². The van der Waals surface area contributed by atoms with Gasteiger partial charge in [0.2, 0.25) is 0 Å². The van der Waals surface area contributed by atoms with Crippen LogP contribution >= 0.6 is 0 Å². The van der Waals surface area contributed by atoms with E-state index in [1.165, 1.54) is 0 Å². The smallest absolute Gasteiger partial charge is 0.319 e. The first kappa shape index (κ1) is 19.5. The highest BCUT2D eigenvalue weighted by molar-refractivity contribution is 5.17. The van der Waals surface area contributed by atoms with Gasteiger partial charge in [-0.1, -0.05) is 74.5 Å². The van der Waals surface area contributed by atoms with Crippen LogP contribution in [0.5, 0.6) is 0 Å². The third-order valence-corrected chi connectivity index (χ3v) is 4.31. The molecule has 0 heterocycles. The van der Waals surface area contributed by atoms with Gasteiger partial charge in [0.25, 0.3) is 0 Å². The molecule has 0 spiro atoms. The lowest BCUT2D eigenvalue weighted by atomic mass is 9.93. The Kier molecular flexibility index (Phi) is 6.62. The molecule has 2 unspecified atom stereocenters. The van der Waals surface area contributed by atoms with Gasteiger partial charge in [-0.15, -0.1) is 0 Å². The first-order chi connectivity index (χ1) is 11.8. The van der Waals surface area contributed by atoms with E-state index in [1.807, 2.05) is 65.6 Å². The largest absolute Gasteiger partial charge is 0.405 e. The summed E-state index contributed by atoms with van der Waals surface area (Å²) < 4.78 is 40.0. The molecular formula is C20H25F3N2. The zero-order chi connectivity index (χ0) is 18.4. The number of benzene rings is 2. The van der Waals surface area contributed by atoms with Crippen molar-refractivity contribution >= 4 is 0 Å². The Balaban J connectivity index is 2.33. The fraction of sp³-hybridized carbons (Fsp3) is 0.400. The molecule has 0 saturated carbocycles. The molecular weight excluding hydrogens is 325 g/mol. The van der Waals surface area contributed by atoms with Gasteiger partial charge in [0, 0.05) is 19.1 Å². The summed E-state index contributed by atoms with van der Waals surface area (Å²) in [4.78, 5) is 1.84. The molecule has 2 atom stereocenters. The lowest BCUT2D eigenvalue weighted by Gasteiger charge is -2.39. The minimum absolute atomic E-state index is 0.232. The predicted octanol–water partition coefficient (Wildman–Crippen LogP) is 4.60. The number of nitrogens with zero attached hydrogens (tertiary/aromatic N) is 1. The Morgan fingerprint density at radius 3 is 1.56 bits per heavy atom. The maximum absolute atomic E-state index is 13.3. The zero-order valence-corrected chi connectivity index (χ0v) is 14.6. The maximum Gasteiger partial charge on any atom is 0.405 e.